The topological polar surface area (TPSA) is 32.5 Å². The Balaban J connectivity index is 2.13. The fourth-order valence-corrected chi connectivity index (χ4v) is 2.32. The van der Waals surface area contributed by atoms with Crippen LogP contribution in [-0.4, -0.2) is 38.1 Å². The maximum atomic E-state index is 13.9. The SMILES string of the molecule is CN(C)C1CCN(c2ccc(CN)cc2F)C1. The van der Waals surface area contributed by atoms with Crippen LogP contribution in [0.2, 0.25) is 0 Å². The molecular weight excluding hydrogens is 217 g/mol. The number of halogens is 1. The number of likely N-dealkylation sites (N-methyl/N-ethyl adjacent to an activating group) is 1. The van der Waals surface area contributed by atoms with E-state index in [0.717, 1.165) is 25.1 Å². The average molecular weight is 237 g/mol. The smallest absolute Gasteiger partial charge is 0.146 e. The number of nitrogens with two attached hydrogens (primary N) is 1. The summed E-state index contributed by atoms with van der Waals surface area (Å²) < 4.78 is 13.9. The number of anilines is 1. The molecule has 0 spiro atoms. The van der Waals surface area contributed by atoms with Crippen molar-refractivity contribution in [1.82, 2.24) is 4.90 Å². The highest BCUT2D eigenvalue weighted by molar-refractivity contribution is 5.50. The molecule has 0 bridgehead atoms. The van der Waals surface area contributed by atoms with Crippen molar-refractivity contribution >= 4 is 5.69 Å². The van der Waals surface area contributed by atoms with Crippen molar-refractivity contribution in [3.05, 3.63) is 29.6 Å². The van der Waals surface area contributed by atoms with Crippen LogP contribution in [-0.2, 0) is 6.54 Å². The number of nitrogens with zero attached hydrogens (tertiary/aromatic N) is 2. The first kappa shape index (κ1) is 12.3. The molecule has 4 heteroatoms. The molecule has 1 atom stereocenters. The van der Waals surface area contributed by atoms with Gasteiger partial charge in [0.25, 0.3) is 0 Å². The first-order chi connectivity index (χ1) is 8.11. The van der Waals surface area contributed by atoms with Gasteiger partial charge in [0, 0.05) is 25.7 Å². The van der Waals surface area contributed by atoms with Gasteiger partial charge in [0.2, 0.25) is 0 Å². The summed E-state index contributed by atoms with van der Waals surface area (Å²) in [7, 11) is 4.14. The van der Waals surface area contributed by atoms with Gasteiger partial charge in [-0.25, -0.2) is 4.39 Å². The van der Waals surface area contributed by atoms with Crippen LogP contribution in [0, 0.1) is 5.82 Å². The fourth-order valence-electron chi connectivity index (χ4n) is 2.32. The molecule has 0 amide bonds. The monoisotopic (exact) mass is 237 g/mol. The van der Waals surface area contributed by atoms with Crippen molar-refractivity contribution in [1.29, 1.82) is 0 Å². The lowest BCUT2D eigenvalue weighted by Gasteiger charge is -2.22. The molecule has 0 aliphatic carbocycles. The predicted octanol–water partition coefficient (Wildman–Crippen LogP) is 1.42. The van der Waals surface area contributed by atoms with Crippen molar-refractivity contribution in [2.75, 3.05) is 32.1 Å². The molecule has 1 aliphatic rings. The zero-order valence-corrected chi connectivity index (χ0v) is 10.5. The van der Waals surface area contributed by atoms with Crippen LogP contribution >= 0.6 is 0 Å². The molecule has 0 aromatic heterocycles. The normalized spacial score (nSPS) is 20.3. The third kappa shape index (κ3) is 2.58. The van der Waals surface area contributed by atoms with Crippen molar-refractivity contribution in [2.24, 2.45) is 5.73 Å². The lowest BCUT2D eigenvalue weighted by atomic mass is 10.2. The minimum Gasteiger partial charge on any atom is -0.368 e. The van der Waals surface area contributed by atoms with E-state index in [0.29, 0.717) is 18.3 Å². The maximum Gasteiger partial charge on any atom is 0.146 e. The molecule has 1 unspecified atom stereocenters. The zero-order valence-electron chi connectivity index (χ0n) is 10.5. The summed E-state index contributed by atoms with van der Waals surface area (Å²) in [6.45, 7) is 2.20. The fraction of sp³-hybridized carbons (Fsp3) is 0.538. The van der Waals surface area contributed by atoms with Gasteiger partial charge in [0.15, 0.2) is 0 Å². The molecule has 17 heavy (non-hydrogen) atoms. The van der Waals surface area contributed by atoms with E-state index >= 15 is 0 Å². The van der Waals surface area contributed by atoms with E-state index in [4.69, 9.17) is 5.73 Å². The molecule has 1 aliphatic heterocycles. The van der Waals surface area contributed by atoms with Gasteiger partial charge in [0.1, 0.15) is 5.82 Å². The maximum absolute atomic E-state index is 13.9. The van der Waals surface area contributed by atoms with Crippen molar-refractivity contribution < 1.29 is 4.39 Å². The van der Waals surface area contributed by atoms with Crippen LogP contribution in [0.1, 0.15) is 12.0 Å². The molecule has 3 nitrogen and oxygen atoms in total. The summed E-state index contributed by atoms with van der Waals surface area (Å²) in [5.74, 6) is -0.160. The van der Waals surface area contributed by atoms with E-state index in [-0.39, 0.29) is 5.82 Å². The molecule has 2 N–H and O–H groups in total. The van der Waals surface area contributed by atoms with Gasteiger partial charge < -0.3 is 15.5 Å². The highest BCUT2D eigenvalue weighted by atomic mass is 19.1. The minimum absolute atomic E-state index is 0.160. The summed E-state index contributed by atoms with van der Waals surface area (Å²) in [5.41, 5.74) is 7.04. The number of rotatable bonds is 3. The number of hydrogen-bond donors (Lipinski definition) is 1. The van der Waals surface area contributed by atoms with Gasteiger partial charge in [-0.1, -0.05) is 6.07 Å². The van der Waals surface area contributed by atoms with Crippen LogP contribution in [0.25, 0.3) is 0 Å². The standard InChI is InChI=1S/C13H20FN3/c1-16(2)11-5-6-17(9-11)13-4-3-10(8-15)7-12(13)14/h3-4,7,11H,5-6,8-9,15H2,1-2H3. The second-order valence-corrected chi connectivity index (χ2v) is 4.84. The molecule has 1 saturated heterocycles. The minimum atomic E-state index is -0.160. The third-order valence-corrected chi connectivity index (χ3v) is 3.48. The van der Waals surface area contributed by atoms with E-state index in [9.17, 15) is 4.39 Å². The van der Waals surface area contributed by atoms with Gasteiger partial charge in [0.05, 0.1) is 5.69 Å². The van der Waals surface area contributed by atoms with Gasteiger partial charge in [-0.15, -0.1) is 0 Å². The van der Waals surface area contributed by atoms with E-state index < -0.39 is 0 Å². The Kier molecular flexibility index (Phi) is 3.64. The van der Waals surface area contributed by atoms with Gasteiger partial charge >= 0.3 is 0 Å². The molecule has 1 aromatic rings. The number of hydrogen-bond acceptors (Lipinski definition) is 3. The Labute approximate surface area is 102 Å². The summed E-state index contributed by atoms with van der Waals surface area (Å²) in [6.07, 6.45) is 1.09. The van der Waals surface area contributed by atoms with E-state index in [1.807, 2.05) is 12.1 Å². The second-order valence-electron chi connectivity index (χ2n) is 4.84. The summed E-state index contributed by atoms with van der Waals surface area (Å²) in [6, 6.07) is 5.80. The molecule has 2 rings (SSSR count). The summed E-state index contributed by atoms with van der Waals surface area (Å²) >= 11 is 0. The Bertz CT molecular complexity index is 392. The second kappa shape index (κ2) is 5.02. The van der Waals surface area contributed by atoms with Crippen molar-refractivity contribution in [2.45, 2.75) is 19.0 Å². The lowest BCUT2D eigenvalue weighted by Crippen LogP contribution is -2.31. The molecule has 0 radical (unpaired) electrons. The Morgan fingerprint density at radius 3 is 2.76 bits per heavy atom. The van der Waals surface area contributed by atoms with Crippen LogP contribution < -0.4 is 10.6 Å². The predicted molar refractivity (Wildman–Crippen MR) is 68.6 cm³/mol. The third-order valence-electron chi connectivity index (χ3n) is 3.48. The zero-order chi connectivity index (χ0) is 12.4. The van der Waals surface area contributed by atoms with Crippen molar-refractivity contribution in [3.63, 3.8) is 0 Å². The quantitative estimate of drug-likeness (QED) is 0.863. The number of benzene rings is 1. The highest BCUT2D eigenvalue weighted by Gasteiger charge is 2.25. The Morgan fingerprint density at radius 2 is 2.24 bits per heavy atom. The van der Waals surface area contributed by atoms with Gasteiger partial charge in [-0.05, 0) is 38.2 Å². The van der Waals surface area contributed by atoms with E-state index in [2.05, 4.69) is 23.9 Å². The van der Waals surface area contributed by atoms with Crippen LogP contribution in [0.5, 0.6) is 0 Å². The van der Waals surface area contributed by atoms with Crippen molar-refractivity contribution in [3.8, 4) is 0 Å². The van der Waals surface area contributed by atoms with Gasteiger partial charge in [-0.2, -0.15) is 0 Å². The molecule has 1 heterocycles. The van der Waals surface area contributed by atoms with E-state index in [1.165, 1.54) is 0 Å². The van der Waals surface area contributed by atoms with Gasteiger partial charge in [-0.3, -0.25) is 0 Å². The Hall–Kier alpha value is -1.13. The lowest BCUT2D eigenvalue weighted by molar-refractivity contribution is 0.315. The van der Waals surface area contributed by atoms with Crippen LogP contribution in [0.15, 0.2) is 18.2 Å². The highest BCUT2D eigenvalue weighted by Crippen LogP contribution is 2.25. The summed E-state index contributed by atoms with van der Waals surface area (Å²) in [5, 5.41) is 0. The van der Waals surface area contributed by atoms with E-state index in [1.54, 1.807) is 6.07 Å². The summed E-state index contributed by atoms with van der Waals surface area (Å²) in [4.78, 5) is 4.31. The average Bonchev–Trinajstić information content (AvgIpc) is 2.78. The first-order valence-corrected chi connectivity index (χ1v) is 6.01. The Morgan fingerprint density at radius 1 is 1.47 bits per heavy atom. The molecule has 94 valence electrons. The van der Waals surface area contributed by atoms with Crippen LogP contribution in [0.3, 0.4) is 0 Å². The first-order valence-electron chi connectivity index (χ1n) is 6.01. The molecule has 1 aromatic carbocycles. The van der Waals surface area contributed by atoms with Crippen LogP contribution in [0.4, 0.5) is 10.1 Å². The molecule has 0 saturated carbocycles. The molecule has 1 fully saturated rings. The largest absolute Gasteiger partial charge is 0.368 e. The molecular formula is C13H20FN3.